The highest BCUT2D eigenvalue weighted by Crippen LogP contribution is 2.46. The van der Waals surface area contributed by atoms with Crippen molar-refractivity contribution in [2.24, 2.45) is 5.92 Å². The van der Waals surface area contributed by atoms with Crippen molar-refractivity contribution in [2.75, 3.05) is 32.2 Å². The zero-order valence-corrected chi connectivity index (χ0v) is 28.2. The smallest absolute Gasteiger partial charge is 0.123 e. The van der Waals surface area contributed by atoms with E-state index in [0.717, 1.165) is 69.6 Å². The first-order chi connectivity index (χ1) is 24.6. The van der Waals surface area contributed by atoms with Gasteiger partial charge in [-0.2, -0.15) is 5.10 Å². The van der Waals surface area contributed by atoms with Crippen LogP contribution in [-0.2, 0) is 15.0 Å². The van der Waals surface area contributed by atoms with Crippen LogP contribution in [0.15, 0.2) is 146 Å². The Hall–Kier alpha value is -5.37. The van der Waals surface area contributed by atoms with Gasteiger partial charge in [-0.25, -0.2) is 4.39 Å². The number of nitrogens with zero attached hydrogens (tertiary/aromatic N) is 4. The van der Waals surface area contributed by atoms with Gasteiger partial charge >= 0.3 is 0 Å². The van der Waals surface area contributed by atoms with E-state index in [4.69, 9.17) is 19.6 Å². The number of anilines is 1. The van der Waals surface area contributed by atoms with Gasteiger partial charge in [0.2, 0.25) is 0 Å². The summed E-state index contributed by atoms with van der Waals surface area (Å²) >= 11 is 0. The summed E-state index contributed by atoms with van der Waals surface area (Å²) in [6, 6.07) is 36.4. The molecule has 0 bridgehead atoms. The third-order valence-electron chi connectivity index (χ3n) is 10.3. The Morgan fingerprint density at radius 1 is 0.760 bits per heavy atom. The van der Waals surface area contributed by atoms with E-state index < -0.39 is 5.54 Å². The number of aromatic nitrogens is 3. The summed E-state index contributed by atoms with van der Waals surface area (Å²) in [7, 11) is 3.48. The molecule has 0 spiro atoms. The van der Waals surface area contributed by atoms with Gasteiger partial charge in [0.1, 0.15) is 29.3 Å². The minimum atomic E-state index is -0.680. The van der Waals surface area contributed by atoms with E-state index >= 15 is 0 Å². The molecule has 8 rings (SSSR count). The van der Waals surface area contributed by atoms with Gasteiger partial charge in [0.05, 0.1) is 5.52 Å². The van der Waals surface area contributed by atoms with Gasteiger partial charge < -0.3 is 14.4 Å². The van der Waals surface area contributed by atoms with Crippen LogP contribution < -0.4 is 4.90 Å². The molecule has 1 unspecified atom stereocenters. The molecule has 3 heterocycles. The lowest BCUT2D eigenvalue weighted by molar-refractivity contribution is -0.00461. The number of ether oxygens (including phenoxy) is 2. The molecule has 1 fully saturated rings. The Balaban J connectivity index is 1.37. The SMILES string of the molecule is CO[C@H]1CN(c2ccnc3ccc(-c4cn(C(c5ccccc5)(c5ccccc5)C5C=CC=CC5)nc4-c4ccc(F)cc4)cc23)C[C@@H]1OC. The second-order valence-electron chi connectivity index (χ2n) is 13.0. The summed E-state index contributed by atoms with van der Waals surface area (Å²) in [6.07, 6.45) is 13.6. The van der Waals surface area contributed by atoms with Crippen molar-refractivity contribution >= 4 is 16.6 Å². The number of rotatable bonds is 9. The van der Waals surface area contributed by atoms with Crippen molar-refractivity contribution < 1.29 is 13.9 Å². The molecule has 6 aromatic rings. The van der Waals surface area contributed by atoms with Gasteiger partial charge in [0, 0.05) is 67.8 Å². The maximum Gasteiger partial charge on any atom is 0.123 e. The standard InChI is InChI=1S/C43H39FN4O2/c1-49-40-28-47(29-41(40)50-2)39-24-25-45-38-23-20-31(26-36(38)39)37-27-48(46-42(37)30-18-21-35(44)22-19-30)43(32-12-6-3-7-13-32,33-14-8-4-9-15-33)34-16-10-5-11-17-34/h3-16,18-27,34,40-41H,17,28-29H2,1-2H3/t34?,40-,41-/m0/s1. The fourth-order valence-corrected chi connectivity index (χ4v) is 7.86. The van der Waals surface area contributed by atoms with Crippen molar-refractivity contribution in [1.82, 2.24) is 14.8 Å². The Kier molecular flexibility index (Phi) is 8.61. The summed E-state index contributed by atoms with van der Waals surface area (Å²) < 4.78 is 28.0. The molecule has 2 aliphatic rings. The minimum absolute atomic E-state index is 0.0255. The van der Waals surface area contributed by atoms with E-state index in [-0.39, 0.29) is 23.9 Å². The number of benzene rings is 4. The Labute approximate surface area is 292 Å². The Morgan fingerprint density at radius 3 is 2.04 bits per heavy atom. The van der Waals surface area contributed by atoms with Crippen LogP contribution >= 0.6 is 0 Å². The van der Waals surface area contributed by atoms with Gasteiger partial charge in [-0.3, -0.25) is 9.67 Å². The van der Waals surface area contributed by atoms with Crippen LogP contribution in [0.25, 0.3) is 33.3 Å². The number of halogens is 1. The van der Waals surface area contributed by atoms with Crippen molar-refractivity contribution in [3.63, 3.8) is 0 Å². The molecular weight excluding hydrogens is 623 g/mol. The molecule has 1 aliphatic heterocycles. The van der Waals surface area contributed by atoms with E-state index in [0.29, 0.717) is 0 Å². The second kappa shape index (κ2) is 13.5. The fraction of sp³-hybridized carbons (Fsp3) is 0.209. The van der Waals surface area contributed by atoms with Crippen LogP contribution in [0.2, 0.25) is 0 Å². The predicted molar refractivity (Wildman–Crippen MR) is 198 cm³/mol. The number of hydrogen-bond acceptors (Lipinski definition) is 5. The third kappa shape index (κ3) is 5.53. The minimum Gasteiger partial charge on any atom is -0.377 e. The van der Waals surface area contributed by atoms with Crippen LogP contribution in [0, 0.1) is 11.7 Å². The molecule has 7 heteroatoms. The van der Waals surface area contributed by atoms with Crippen molar-refractivity contribution in [2.45, 2.75) is 24.2 Å². The van der Waals surface area contributed by atoms with Crippen LogP contribution in [0.3, 0.4) is 0 Å². The molecule has 0 amide bonds. The molecule has 4 aromatic carbocycles. The lowest BCUT2D eigenvalue weighted by Crippen LogP contribution is -2.43. The fourth-order valence-electron chi connectivity index (χ4n) is 7.86. The number of hydrogen-bond donors (Lipinski definition) is 0. The molecule has 3 atom stereocenters. The topological polar surface area (TPSA) is 52.4 Å². The van der Waals surface area contributed by atoms with Crippen molar-refractivity contribution in [1.29, 1.82) is 0 Å². The molecule has 1 aliphatic carbocycles. The predicted octanol–water partition coefficient (Wildman–Crippen LogP) is 8.68. The summed E-state index contributed by atoms with van der Waals surface area (Å²) in [5.41, 5.74) is 7.14. The van der Waals surface area contributed by atoms with E-state index in [1.165, 1.54) is 12.1 Å². The number of fused-ring (bicyclic) bond motifs is 1. The summed E-state index contributed by atoms with van der Waals surface area (Å²) in [4.78, 5) is 7.05. The largest absolute Gasteiger partial charge is 0.377 e. The first-order valence-electron chi connectivity index (χ1n) is 17.1. The molecule has 250 valence electrons. The van der Waals surface area contributed by atoms with Gasteiger partial charge in [-0.15, -0.1) is 0 Å². The second-order valence-corrected chi connectivity index (χ2v) is 13.0. The third-order valence-corrected chi connectivity index (χ3v) is 10.3. The van der Waals surface area contributed by atoms with Crippen molar-refractivity contribution in [3.05, 3.63) is 163 Å². The van der Waals surface area contributed by atoms with Gasteiger partial charge in [0.15, 0.2) is 0 Å². The lowest BCUT2D eigenvalue weighted by atomic mass is 9.70. The van der Waals surface area contributed by atoms with E-state index in [1.54, 1.807) is 14.2 Å². The maximum atomic E-state index is 14.3. The highest BCUT2D eigenvalue weighted by molar-refractivity contribution is 5.96. The first kappa shape index (κ1) is 31.9. The zero-order chi connectivity index (χ0) is 34.1. The lowest BCUT2D eigenvalue weighted by Gasteiger charge is -2.41. The monoisotopic (exact) mass is 662 g/mol. The summed E-state index contributed by atoms with van der Waals surface area (Å²) in [5.74, 6) is -0.219. The number of methoxy groups -OCH3 is 2. The zero-order valence-electron chi connectivity index (χ0n) is 28.2. The molecule has 2 aromatic heterocycles. The van der Waals surface area contributed by atoms with Gasteiger partial charge in [-0.1, -0.05) is 91.0 Å². The highest BCUT2D eigenvalue weighted by atomic mass is 19.1. The molecule has 50 heavy (non-hydrogen) atoms. The van der Waals surface area contributed by atoms with E-state index in [9.17, 15) is 4.39 Å². The van der Waals surface area contributed by atoms with E-state index in [1.807, 2.05) is 18.3 Å². The van der Waals surface area contributed by atoms with E-state index in [2.05, 4.69) is 125 Å². The van der Waals surface area contributed by atoms with Crippen LogP contribution in [-0.4, -0.2) is 54.3 Å². The molecule has 0 radical (unpaired) electrons. The van der Waals surface area contributed by atoms with Gasteiger partial charge in [-0.05, 0) is 65.6 Å². The number of pyridine rings is 1. The molecule has 6 nitrogen and oxygen atoms in total. The molecular formula is C43H39FN4O2. The first-order valence-corrected chi connectivity index (χ1v) is 17.1. The molecule has 1 saturated heterocycles. The number of allylic oxidation sites excluding steroid dienone is 4. The summed E-state index contributed by atoms with van der Waals surface area (Å²) in [5, 5.41) is 6.52. The van der Waals surface area contributed by atoms with Crippen LogP contribution in [0.4, 0.5) is 10.1 Å². The van der Waals surface area contributed by atoms with Crippen LogP contribution in [0.5, 0.6) is 0 Å². The average molecular weight is 663 g/mol. The van der Waals surface area contributed by atoms with Gasteiger partial charge in [0.25, 0.3) is 0 Å². The highest BCUT2D eigenvalue weighted by Gasteiger charge is 2.44. The summed E-state index contributed by atoms with van der Waals surface area (Å²) in [6.45, 7) is 1.44. The normalized spacial score (nSPS) is 19.0. The maximum absolute atomic E-state index is 14.3. The molecule has 0 saturated carbocycles. The quantitative estimate of drug-likeness (QED) is 0.155. The average Bonchev–Trinajstić information content (AvgIpc) is 3.82. The van der Waals surface area contributed by atoms with Crippen molar-refractivity contribution in [3.8, 4) is 22.4 Å². The van der Waals surface area contributed by atoms with Crippen LogP contribution in [0.1, 0.15) is 17.5 Å². The Bertz CT molecular complexity index is 2110. The molecule has 0 N–H and O–H groups in total. The Morgan fingerprint density at radius 2 is 1.42 bits per heavy atom.